The van der Waals surface area contributed by atoms with Crippen molar-refractivity contribution in [1.82, 2.24) is 9.80 Å². The van der Waals surface area contributed by atoms with Gasteiger partial charge in [0, 0.05) is 26.2 Å². The van der Waals surface area contributed by atoms with E-state index in [2.05, 4.69) is 10.1 Å². The highest BCUT2D eigenvalue weighted by Gasteiger charge is 2.34. The predicted octanol–water partition coefficient (Wildman–Crippen LogP) is 2.51. The molecule has 2 amide bonds. The molecule has 13 heteroatoms. The van der Waals surface area contributed by atoms with Crippen LogP contribution in [0.1, 0.15) is 30.5 Å². The first-order valence-electron chi connectivity index (χ1n) is 12.1. The van der Waals surface area contributed by atoms with E-state index in [1.165, 1.54) is 36.4 Å². The van der Waals surface area contributed by atoms with Crippen LogP contribution < -0.4 is 10.1 Å². The van der Waals surface area contributed by atoms with Crippen molar-refractivity contribution < 1.29 is 41.0 Å². The van der Waals surface area contributed by atoms with E-state index < -0.39 is 40.0 Å². The number of anilines is 1. The largest absolute Gasteiger partial charge is 0.573 e. The minimum Gasteiger partial charge on any atom is -0.406 e. The van der Waals surface area contributed by atoms with Gasteiger partial charge >= 0.3 is 6.36 Å². The van der Waals surface area contributed by atoms with Crippen LogP contribution in [0.15, 0.2) is 47.4 Å². The molecule has 0 aromatic heterocycles. The van der Waals surface area contributed by atoms with E-state index in [-0.39, 0.29) is 35.2 Å². The molecule has 0 radical (unpaired) electrons. The molecule has 2 heterocycles. The number of likely N-dealkylation sites (N-methyl/N-ethyl adjacent to an activating group) is 1. The first kappa shape index (κ1) is 27.9. The number of amides is 2. The van der Waals surface area contributed by atoms with Crippen molar-refractivity contribution in [3.05, 3.63) is 53.6 Å². The van der Waals surface area contributed by atoms with E-state index in [0.717, 1.165) is 0 Å². The van der Waals surface area contributed by atoms with E-state index in [1.807, 2.05) is 4.90 Å². The van der Waals surface area contributed by atoms with Gasteiger partial charge in [0.15, 0.2) is 9.84 Å². The highest BCUT2D eigenvalue weighted by molar-refractivity contribution is 7.92. The Morgan fingerprint density at radius 2 is 2.03 bits per heavy atom. The zero-order chi connectivity index (χ0) is 27.7. The SMILES string of the molecule is CCN(C[C@H](c1cccc(OC(F)(F)F)c1)N1CC[C@H](O)C1)C(=O)Cc1ccc2c(c1)NC(=O)CS2(=O)=O. The lowest BCUT2D eigenvalue weighted by Crippen LogP contribution is -2.41. The lowest BCUT2D eigenvalue weighted by atomic mass is 10.0. The van der Waals surface area contributed by atoms with Gasteiger partial charge in [-0.2, -0.15) is 0 Å². The molecule has 2 N–H and O–H groups in total. The summed E-state index contributed by atoms with van der Waals surface area (Å²) >= 11 is 0. The third-order valence-electron chi connectivity index (χ3n) is 6.57. The molecule has 4 rings (SSSR count). The lowest BCUT2D eigenvalue weighted by Gasteiger charge is -2.33. The molecule has 9 nitrogen and oxygen atoms in total. The summed E-state index contributed by atoms with van der Waals surface area (Å²) in [6.07, 6.45) is -5.01. The number of hydrogen-bond donors (Lipinski definition) is 2. The van der Waals surface area contributed by atoms with Crippen LogP contribution in [0.2, 0.25) is 0 Å². The maximum absolute atomic E-state index is 13.3. The number of sulfone groups is 1. The maximum Gasteiger partial charge on any atom is 0.573 e. The van der Waals surface area contributed by atoms with Crippen molar-refractivity contribution in [2.24, 2.45) is 0 Å². The van der Waals surface area contributed by atoms with Gasteiger partial charge in [-0.05, 0) is 48.7 Å². The Labute approximate surface area is 218 Å². The van der Waals surface area contributed by atoms with E-state index in [1.54, 1.807) is 17.9 Å². The number of benzene rings is 2. The van der Waals surface area contributed by atoms with Gasteiger partial charge in [0.05, 0.1) is 29.1 Å². The van der Waals surface area contributed by atoms with Crippen molar-refractivity contribution in [3.8, 4) is 5.75 Å². The molecule has 2 atom stereocenters. The van der Waals surface area contributed by atoms with Crippen LogP contribution in [0.5, 0.6) is 5.75 Å². The van der Waals surface area contributed by atoms with E-state index in [9.17, 15) is 36.3 Å². The molecule has 2 aromatic rings. The molecule has 1 fully saturated rings. The Morgan fingerprint density at radius 3 is 2.68 bits per heavy atom. The number of nitrogens with zero attached hydrogens (tertiary/aromatic N) is 2. The smallest absolute Gasteiger partial charge is 0.406 e. The molecular weight excluding hydrogens is 527 g/mol. The number of hydrogen-bond acceptors (Lipinski definition) is 7. The number of ether oxygens (including phenoxy) is 1. The molecule has 206 valence electrons. The first-order valence-corrected chi connectivity index (χ1v) is 13.7. The summed E-state index contributed by atoms with van der Waals surface area (Å²) in [7, 11) is -3.75. The fourth-order valence-electron chi connectivity index (χ4n) is 4.80. The summed E-state index contributed by atoms with van der Waals surface area (Å²) in [6.45, 7) is 3.03. The number of alkyl halides is 3. The first-order chi connectivity index (χ1) is 17.8. The summed E-state index contributed by atoms with van der Waals surface area (Å²) in [5, 5.41) is 12.6. The zero-order valence-electron chi connectivity index (χ0n) is 20.6. The maximum atomic E-state index is 13.3. The van der Waals surface area contributed by atoms with Crippen LogP contribution >= 0.6 is 0 Å². The van der Waals surface area contributed by atoms with Crippen molar-refractivity contribution in [3.63, 3.8) is 0 Å². The number of aliphatic hydroxyl groups excluding tert-OH is 1. The number of fused-ring (bicyclic) bond motifs is 1. The number of carbonyl (C=O) groups is 2. The molecule has 1 saturated heterocycles. The Kier molecular flexibility index (Phi) is 8.00. The molecule has 38 heavy (non-hydrogen) atoms. The summed E-state index contributed by atoms with van der Waals surface area (Å²) in [6, 6.07) is 9.43. The highest BCUT2D eigenvalue weighted by atomic mass is 32.2. The number of likely N-dealkylation sites (tertiary alicyclic amines) is 1. The van der Waals surface area contributed by atoms with Crippen LogP contribution in [0.3, 0.4) is 0 Å². The number of aliphatic hydroxyl groups is 1. The second-order valence-corrected chi connectivity index (χ2v) is 11.3. The number of nitrogens with one attached hydrogen (secondary N) is 1. The van der Waals surface area contributed by atoms with E-state index >= 15 is 0 Å². The standard InChI is InChI=1S/C25H28F3N3O6S/c1-2-30(24(34)11-16-6-7-22-20(10-16)29-23(33)15-38(22,35)36)14-21(31-9-8-18(32)13-31)17-4-3-5-19(12-17)37-25(26,27)28/h3-7,10,12,18,21,32H,2,8-9,11,13-15H2,1H3,(H,29,33)/t18-,21+/m0/s1. The van der Waals surface area contributed by atoms with Crippen LogP contribution in [0.4, 0.5) is 18.9 Å². The van der Waals surface area contributed by atoms with Crippen molar-refractivity contribution in [1.29, 1.82) is 0 Å². The summed E-state index contributed by atoms with van der Waals surface area (Å²) < 4.78 is 67.0. The Balaban J connectivity index is 1.55. The average Bonchev–Trinajstić information content (AvgIpc) is 3.23. The number of halogens is 3. The summed E-state index contributed by atoms with van der Waals surface area (Å²) in [5.41, 5.74) is 1.13. The van der Waals surface area contributed by atoms with Gasteiger partial charge in [-0.1, -0.05) is 18.2 Å². The molecule has 0 bridgehead atoms. The molecular formula is C25H28F3N3O6S. The van der Waals surface area contributed by atoms with E-state index in [4.69, 9.17) is 0 Å². The molecule has 2 aromatic carbocycles. The molecule has 0 unspecified atom stereocenters. The van der Waals surface area contributed by atoms with Gasteiger partial charge in [0.2, 0.25) is 11.8 Å². The summed E-state index contributed by atoms with van der Waals surface area (Å²) in [4.78, 5) is 28.5. The van der Waals surface area contributed by atoms with E-state index in [0.29, 0.717) is 37.2 Å². The van der Waals surface area contributed by atoms with Gasteiger partial charge < -0.3 is 20.1 Å². The molecule has 0 saturated carbocycles. The summed E-state index contributed by atoms with van der Waals surface area (Å²) in [5.74, 6) is -1.95. The lowest BCUT2D eigenvalue weighted by molar-refractivity contribution is -0.274. The van der Waals surface area contributed by atoms with Crippen molar-refractivity contribution >= 4 is 27.3 Å². The number of rotatable bonds is 8. The van der Waals surface area contributed by atoms with Crippen LogP contribution in [-0.2, 0) is 25.8 Å². The average molecular weight is 556 g/mol. The monoisotopic (exact) mass is 555 g/mol. The zero-order valence-corrected chi connectivity index (χ0v) is 21.4. The van der Waals surface area contributed by atoms with Gasteiger partial charge in [-0.25, -0.2) is 8.42 Å². The highest BCUT2D eigenvalue weighted by Crippen LogP contribution is 2.32. The second kappa shape index (κ2) is 10.9. The van der Waals surface area contributed by atoms with Crippen LogP contribution in [0, 0.1) is 0 Å². The quantitative estimate of drug-likeness (QED) is 0.514. The number of carbonyl (C=O) groups excluding carboxylic acids is 2. The topological polar surface area (TPSA) is 116 Å². The van der Waals surface area contributed by atoms with Crippen molar-refractivity contribution in [2.45, 2.75) is 43.2 Å². The predicted molar refractivity (Wildman–Crippen MR) is 131 cm³/mol. The van der Waals surface area contributed by atoms with Gasteiger partial charge in [-0.15, -0.1) is 13.2 Å². The fraction of sp³-hybridized carbons (Fsp3) is 0.440. The molecule has 0 aliphatic carbocycles. The molecule has 2 aliphatic heterocycles. The van der Waals surface area contributed by atoms with Gasteiger partial charge in [0.1, 0.15) is 11.5 Å². The minimum atomic E-state index is -4.85. The molecule has 0 spiro atoms. The Bertz CT molecular complexity index is 1320. The molecule has 2 aliphatic rings. The normalized spacial score (nSPS) is 19.9. The minimum absolute atomic E-state index is 0.00532. The third-order valence-corrected chi connectivity index (χ3v) is 8.24. The Morgan fingerprint density at radius 1 is 1.26 bits per heavy atom. The van der Waals surface area contributed by atoms with Gasteiger partial charge in [0.25, 0.3) is 0 Å². The number of β-amino-alcohol motifs (C(OH)–C–C–N with tert-alkyl or cyclic N) is 1. The van der Waals surface area contributed by atoms with Crippen LogP contribution in [0.25, 0.3) is 0 Å². The van der Waals surface area contributed by atoms with Gasteiger partial charge in [-0.3, -0.25) is 14.5 Å². The third kappa shape index (κ3) is 6.63. The van der Waals surface area contributed by atoms with Crippen LogP contribution in [-0.4, -0.2) is 79.5 Å². The van der Waals surface area contributed by atoms with Crippen molar-refractivity contribution in [2.75, 3.05) is 37.2 Å². The fourth-order valence-corrected chi connectivity index (χ4v) is 6.09. The Hall–Kier alpha value is -3.16. The second-order valence-electron chi connectivity index (χ2n) is 9.32.